The van der Waals surface area contributed by atoms with Crippen LogP contribution in [0.1, 0.15) is 25.7 Å². The van der Waals surface area contributed by atoms with E-state index in [0.29, 0.717) is 54.3 Å². The molecule has 180 valence electrons. The maximum absolute atomic E-state index is 13.1. The number of carbonyl (C=O) groups is 1. The Labute approximate surface area is 187 Å². The van der Waals surface area contributed by atoms with Gasteiger partial charge in [0, 0.05) is 36.6 Å². The zero-order valence-corrected chi connectivity index (χ0v) is 17.9. The van der Waals surface area contributed by atoms with Crippen molar-refractivity contribution in [2.24, 2.45) is 23.7 Å². The number of H-pyrrole nitrogens is 1. The monoisotopic (exact) mass is 471 g/mol. The molecular weight excluding hydrogens is 445 g/mol. The maximum Gasteiger partial charge on any atom is 0.401 e. The second-order valence-electron chi connectivity index (χ2n) is 9.72. The van der Waals surface area contributed by atoms with Gasteiger partial charge in [0.25, 0.3) is 5.92 Å². The van der Waals surface area contributed by atoms with E-state index >= 15 is 0 Å². The van der Waals surface area contributed by atoms with Gasteiger partial charge in [-0.15, -0.1) is 0 Å². The first-order valence-electron chi connectivity index (χ1n) is 11.3. The highest BCUT2D eigenvalue weighted by Gasteiger charge is 2.61. The van der Waals surface area contributed by atoms with Crippen LogP contribution in [0.5, 0.6) is 5.75 Å². The molecule has 5 rings (SSSR count). The SMILES string of the molecule is O=C(Nc1c[nH]c2ccc(OCCC3C[C@@H]4CN(CC(F)(F)F)C[C@@H]4C3)cc12)C1CC1(F)F. The Balaban J connectivity index is 1.11. The number of hydrogen-bond donors (Lipinski definition) is 2. The van der Waals surface area contributed by atoms with Crippen LogP contribution in [-0.2, 0) is 4.79 Å². The van der Waals surface area contributed by atoms with Gasteiger partial charge in [0.1, 0.15) is 11.7 Å². The lowest BCUT2D eigenvalue weighted by Crippen LogP contribution is -2.33. The molecular formula is C23H26F5N3O2. The zero-order chi connectivity index (χ0) is 23.4. The Morgan fingerprint density at radius 3 is 2.55 bits per heavy atom. The van der Waals surface area contributed by atoms with Gasteiger partial charge in [0.15, 0.2) is 0 Å². The molecule has 2 unspecified atom stereocenters. The van der Waals surface area contributed by atoms with E-state index in [2.05, 4.69) is 10.3 Å². The van der Waals surface area contributed by atoms with Gasteiger partial charge in [-0.25, -0.2) is 8.78 Å². The average Bonchev–Trinajstić information content (AvgIpc) is 3.03. The summed E-state index contributed by atoms with van der Waals surface area (Å²) in [7, 11) is 0. The maximum atomic E-state index is 13.1. The molecule has 3 aliphatic rings. The van der Waals surface area contributed by atoms with Crippen LogP contribution < -0.4 is 10.1 Å². The van der Waals surface area contributed by atoms with E-state index in [0.717, 1.165) is 24.8 Å². The van der Waals surface area contributed by atoms with E-state index in [1.807, 2.05) is 0 Å². The number of aromatic nitrogens is 1. The predicted molar refractivity (Wildman–Crippen MR) is 112 cm³/mol. The quantitative estimate of drug-likeness (QED) is 0.556. The number of aromatic amines is 1. The lowest BCUT2D eigenvalue weighted by molar-refractivity contribution is -0.144. The number of fused-ring (bicyclic) bond motifs is 2. The predicted octanol–water partition coefficient (Wildman–Crippen LogP) is 5.05. The van der Waals surface area contributed by atoms with Crippen molar-refractivity contribution < 1.29 is 31.5 Å². The van der Waals surface area contributed by atoms with Crippen molar-refractivity contribution in [3.05, 3.63) is 24.4 Å². The molecule has 5 nitrogen and oxygen atoms in total. The highest BCUT2D eigenvalue weighted by Crippen LogP contribution is 2.49. The molecule has 1 aromatic heterocycles. The first kappa shape index (κ1) is 22.4. The molecule has 0 spiro atoms. The molecule has 10 heteroatoms. The number of nitrogens with zero attached hydrogens (tertiary/aromatic N) is 1. The molecule has 2 aliphatic carbocycles. The van der Waals surface area contributed by atoms with Gasteiger partial charge in [-0.05, 0) is 55.2 Å². The summed E-state index contributed by atoms with van der Waals surface area (Å²) < 4.78 is 70.0. The fourth-order valence-electron chi connectivity index (χ4n) is 5.49. The van der Waals surface area contributed by atoms with E-state index in [1.165, 1.54) is 4.90 Å². The molecule has 2 aromatic rings. The van der Waals surface area contributed by atoms with Crippen LogP contribution in [0.2, 0.25) is 0 Å². The minimum absolute atomic E-state index is 0.332. The van der Waals surface area contributed by atoms with Gasteiger partial charge in [0.05, 0.1) is 18.8 Å². The van der Waals surface area contributed by atoms with Crippen molar-refractivity contribution in [1.29, 1.82) is 0 Å². The van der Waals surface area contributed by atoms with Crippen molar-refractivity contribution in [3.8, 4) is 5.75 Å². The number of anilines is 1. The molecule has 0 radical (unpaired) electrons. The summed E-state index contributed by atoms with van der Waals surface area (Å²) in [5, 5.41) is 3.26. The molecule has 1 aliphatic heterocycles. The average molecular weight is 471 g/mol. The van der Waals surface area contributed by atoms with Crippen LogP contribution in [0.15, 0.2) is 24.4 Å². The van der Waals surface area contributed by atoms with Crippen molar-refractivity contribution in [2.75, 3.05) is 31.6 Å². The van der Waals surface area contributed by atoms with E-state index in [1.54, 1.807) is 24.4 Å². The Hall–Kier alpha value is -2.36. The minimum Gasteiger partial charge on any atom is -0.494 e. The Morgan fingerprint density at radius 2 is 1.91 bits per heavy atom. The largest absolute Gasteiger partial charge is 0.494 e. The number of ether oxygens (including phenoxy) is 1. The number of hydrogen-bond acceptors (Lipinski definition) is 3. The number of carbonyl (C=O) groups excluding carboxylic acids is 1. The summed E-state index contributed by atoms with van der Waals surface area (Å²) in [4.78, 5) is 16.5. The van der Waals surface area contributed by atoms with Gasteiger partial charge >= 0.3 is 6.18 Å². The number of nitrogens with one attached hydrogen (secondary N) is 2. The third-order valence-corrected chi connectivity index (χ3v) is 7.18. The lowest BCUT2D eigenvalue weighted by Gasteiger charge is -2.20. The molecule has 1 amide bonds. The standard InChI is InChI=1S/C23H26F5N3O2/c24-22(25)8-18(22)21(32)30-20-9-29-19-2-1-16(7-17(19)20)33-4-3-13-5-14-10-31(11-15(14)6-13)12-23(26,27)28/h1-2,7,9,13-15,18,29H,3-6,8,10-12H2,(H,30,32)/t13?,14-,15+,18?. The summed E-state index contributed by atoms with van der Waals surface area (Å²) in [5.41, 5.74) is 1.20. The van der Waals surface area contributed by atoms with Crippen molar-refractivity contribution in [3.63, 3.8) is 0 Å². The number of rotatable bonds is 7. The fraction of sp³-hybridized carbons (Fsp3) is 0.609. The molecule has 4 atom stereocenters. The lowest BCUT2D eigenvalue weighted by atomic mass is 10.0. The summed E-state index contributed by atoms with van der Waals surface area (Å²) in [5.74, 6) is -3.15. The summed E-state index contributed by atoms with van der Waals surface area (Å²) in [6.45, 7) is 0.711. The third-order valence-electron chi connectivity index (χ3n) is 7.18. The summed E-state index contributed by atoms with van der Waals surface area (Å²) in [6, 6.07) is 5.38. The molecule has 2 heterocycles. The second kappa shape index (κ2) is 8.14. The normalized spacial score (nSPS) is 28.8. The Kier molecular flexibility index (Phi) is 5.54. The van der Waals surface area contributed by atoms with E-state index in [9.17, 15) is 26.7 Å². The van der Waals surface area contributed by atoms with E-state index in [-0.39, 0.29) is 0 Å². The van der Waals surface area contributed by atoms with Crippen molar-refractivity contribution in [2.45, 2.75) is 37.8 Å². The molecule has 1 saturated heterocycles. The summed E-state index contributed by atoms with van der Waals surface area (Å²) >= 11 is 0. The second-order valence-corrected chi connectivity index (χ2v) is 9.72. The van der Waals surface area contributed by atoms with Gasteiger partial charge in [-0.1, -0.05) is 0 Å². The topological polar surface area (TPSA) is 57.4 Å². The first-order chi connectivity index (χ1) is 15.6. The van der Waals surface area contributed by atoms with Crippen LogP contribution >= 0.6 is 0 Å². The van der Waals surface area contributed by atoms with E-state index < -0.39 is 36.9 Å². The minimum atomic E-state index is -4.14. The number of alkyl halides is 5. The molecule has 2 saturated carbocycles. The van der Waals surface area contributed by atoms with Crippen LogP contribution in [0.4, 0.5) is 27.6 Å². The van der Waals surface area contributed by atoms with Crippen molar-refractivity contribution in [1.82, 2.24) is 9.88 Å². The fourth-order valence-corrected chi connectivity index (χ4v) is 5.49. The molecule has 0 bridgehead atoms. The van der Waals surface area contributed by atoms with Crippen molar-refractivity contribution >= 4 is 22.5 Å². The van der Waals surface area contributed by atoms with E-state index in [4.69, 9.17) is 4.74 Å². The highest BCUT2D eigenvalue weighted by molar-refractivity contribution is 6.03. The molecule has 2 N–H and O–H groups in total. The number of amides is 1. The zero-order valence-electron chi connectivity index (χ0n) is 17.9. The number of likely N-dealkylation sites (tertiary alicyclic amines) is 1. The van der Waals surface area contributed by atoms with Gasteiger partial charge in [-0.2, -0.15) is 13.2 Å². The Bertz CT molecular complexity index is 1020. The molecule has 3 fully saturated rings. The smallest absolute Gasteiger partial charge is 0.401 e. The van der Waals surface area contributed by atoms with Gasteiger partial charge in [-0.3, -0.25) is 9.69 Å². The Morgan fingerprint density at radius 1 is 1.21 bits per heavy atom. The van der Waals surface area contributed by atoms with Crippen LogP contribution in [-0.4, -0.2) is 54.1 Å². The number of benzene rings is 1. The highest BCUT2D eigenvalue weighted by atomic mass is 19.4. The summed E-state index contributed by atoms with van der Waals surface area (Å²) in [6.07, 6.45) is -0.288. The van der Waals surface area contributed by atoms with Gasteiger partial charge in [0.2, 0.25) is 5.91 Å². The third kappa shape index (κ3) is 4.95. The van der Waals surface area contributed by atoms with Gasteiger partial charge < -0.3 is 15.0 Å². The molecule has 1 aromatic carbocycles. The first-order valence-corrected chi connectivity index (χ1v) is 11.3. The number of halogens is 5. The van der Waals surface area contributed by atoms with Crippen LogP contribution in [0, 0.1) is 23.7 Å². The van der Waals surface area contributed by atoms with Crippen LogP contribution in [0.25, 0.3) is 10.9 Å². The molecule has 33 heavy (non-hydrogen) atoms. The van der Waals surface area contributed by atoms with Crippen LogP contribution in [0.3, 0.4) is 0 Å².